The van der Waals surface area contributed by atoms with Crippen LogP contribution in [0.3, 0.4) is 0 Å². The molecule has 0 saturated carbocycles. The lowest BCUT2D eigenvalue weighted by Crippen LogP contribution is -2.43. The summed E-state index contributed by atoms with van der Waals surface area (Å²) < 4.78 is 42.0. The first kappa shape index (κ1) is 55.1. The van der Waals surface area contributed by atoms with E-state index >= 15 is 0 Å². The second-order valence-corrected chi connectivity index (χ2v) is 19.7. The number of ether oxygens (including phenoxy) is 7. The molecule has 18 nitrogen and oxygen atoms in total. The van der Waals surface area contributed by atoms with Gasteiger partial charge >= 0.3 is 11.9 Å². The van der Waals surface area contributed by atoms with Crippen molar-refractivity contribution in [3.05, 3.63) is 140 Å². The molecule has 2 saturated heterocycles. The zero-order chi connectivity index (χ0) is 54.4. The molecule has 4 aromatic carbocycles. The average Bonchev–Trinajstić information content (AvgIpc) is 3.59. The summed E-state index contributed by atoms with van der Waals surface area (Å²) in [6, 6.07) is 27.4. The van der Waals surface area contributed by atoms with Gasteiger partial charge in [-0.25, -0.2) is 9.59 Å². The smallest absolute Gasteiger partial charge is 0.330 e. The van der Waals surface area contributed by atoms with Crippen LogP contribution in [0, 0.1) is 0 Å². The maximum Gasteiger partial charge on any atom is 0.330 e. The minimum atomic E-state index is -1.06. The lowest BCUT2D eigenvalue weighted by Gasteiger charge is -2.32. The second kappa shape index (κ2) is 26.6. The molecule has 412 valence electrons. The van der Waals surface area contributed by atoms with Gasteiger partial charge in [0, 0.05) is 98.5 Å². The van der Waals surface area contributed by atoms with Crippen LogP contribution in [-0.2, 0) is 40.5 Å². The van der Waals surface area contributed by atoms with E-state index in [0.717, 1.165) is 129 Å². The molecule has 4 aliphatic heterocycles. The van der Waals surface area contributed by atoms with Crippen molar-refractivity contribution in [2.45, 2.75) is 70.9 Å². The molecular formula is C60H70N6O12. The predicted octanol–water partition coefficient (Wildman–Crippen LogP) is 6.75. The summed E-state index contributed by atoms with van der Waals surface area (Å²) in [5.41, 5.74) is 4.87. The van der Waals surface area contributed by atoms with E-state index in [1.54, 1.807) is 42.4 Å². The second-order valence-electron chi connectivity index (χ2n) is 19.7. The Morgan fingerprint density at radius 1 is 0.577 bits per heavy atom. The normalized spacial score (nSPS) is 16.1. The van der Waals surface area contributed by atoms with Crippen molar-refractivity contribution in [3.63, 3.8) is 0 Å². The molecule has 0 aliphatic carbocycles. The molecule has 3 N–H and O–H groups in total. The monoisotopic (exact) mass is 1070 g/mol. The Labute approximate surface area is 453 Å². The van der Waals surface area contributed by atoms with Crippen molar-refractivity contribution >= 4 is 45.9 Å². The summed E-state index contributed by atoms with van der Waals surface area (Å²) in [5, 5.41) is 18.1. The van der Waals surface area contributed by atoms with E-state index in [9.17, 15) is 19.2 Å². The van der Waals surface area contributed by atoms with Gasteiger partial charge in [-0.3, -0.25) is 9.59 Å². The number of nitrogens with zero attached hydrogens (tertiary/aromatic N) is 4. The molecule has 4 aliphatic rings. The fraction of sp³-hybridized carbons (Fsp3) is 0.400. The van der Waals surface area contributed by atoms with Gasteiger partial charge in [-0.15, -0.1) is 0 Å². The van der Waals surface area contributed by atoms with Crippen molar-refractivity contribution in [2.24, 2.45) is 0 Å². The molecule has 0 radical (unpaired) electrons. The van der Waals surface area contributed by atoms with Gasteiger partial charge in [0.1, 0.15) is 37.9 Å². The first-order valence-corrected chi connectivity index (χ1v) is 26.9. The van der Waals surface area contributed by atoms with Gasteiger partial charge in [-0.2, -0.15) is 0 Å². The van der Waals surface area contributed by atoms with Crippen LogP contribution in [0.4, 0.5) is 0 Å². The lowest BCUT2D eigenvalue weighted by atomic mass is 10.0. The minimum absolute atomic E-state index is 0.111. The number of rotatable bonds is 19. The summed E-state index contributed by atoms with van der Waals surface area (Å²) in [6.45, 7) is 12.5. The molecule has 18 heteroatoms. The predicted molar refractivity (Wildman–Crippen MR) is 299 cm³/mol. The van der Waals surface area contributed by atoms with Gasteiger partial charge < -0.3 is 67.8 Å². The number of carboxylic acids is 1. The fourth-order valence-electron chi connectivity index (χ4n) is 10.4. The van der Waals surface area contributed by atoms with E-state index < -0.39 is 11.9 Å². The minimum Gasteiger partial charge on any atom is -0.497 e. The van der Waals surface area contributed by atoms with E-state index in [1.807, 2.05) is 48.5 Å². The highest BCUT2D eigenvalue weighted by atomic mass is 16.6. The number of methoxy groups -OCH3 is 2. The van der Waals surface area contributed by atoms with Gasteiger partial charge in [-0.05, 0) is 142 Å². The average molecular weight is 1070 g/mol. The van der Waals surface area contributed by atoms with Crippen LogP contribution in [0.1, 0.15) is 54.9 Å². The highest BCUT2D eigenvalue weighted by molar-refractivity contribution is 5.95. The molecule has 2 aromatic heterocycles. The topological polar surface area (TPSA) is 194 Å². The number of likely N-dealkylation sites (tertiary alicyclic amines) is 2. The number of carbonyl (C=O) groups excluding carboxylic acids is 1. The van der Waals surface area contributed by atoms with Crippen molar-refractivity contribution in [3.8, 4) is 34.5 Å². The van der Waals surface area contributed by atoms with Gasteiger partial charge in [0.05, 0.1) is 31.9 Å². The summed E-state index contributed by atoms with van der Waals surface area (Å²) in [6.07, 6.45) is 9.68. The Bertz CT molecular complexity index is 3250. The third-order valence-corrected chi connectivity index (χ3v) is 14.7. The Morgan fingerprint density at radius 3 is 1.44 bits per heavy atom. The molecule has 0 spiro atoms. The molecular weight excluding hydrogens is 997 g/mol. The van der Waals surface area contributed by atoms with Gasteiger partial charge in [0.2, 0.25) is 0 Å². The maximum atomic E-state index is 13.2. The van der Waals surface area contributed by atoms with E-state index in [0.29, 0.717) is 80.8 Å². The van der Waals surface area contributed by atoms with E-state index in [1.165, 1.54) is 29.3 Å². The van der Waals surface area contributed by atoms with Crippen molar-refractivity contribution in [1.82, 2.24) is 29.6 Å². The number of hydrogen-bond acceptors (Lipinski definition) is 15. The highest BCUT2D eigenvalue weighted by Gasteiger charge is 2.22. The van der Waals surface area contributed by atoms with Gasteiger partial charge in [0.25, 0.3) is 11.1 Å². The van der Waals surface area contributed by atoms with Gasteiger partial charge in [0.15, 0.2) is 23.0 Å². The number of benzene rings is 4. The first-order valence-electron chi connectivity index (χ1n) is 26.9. The third-order valence-electron chi connectivity index (χ3n) is 14.7. The zero-order valence-electron chi connectivity index (χ0n) is 44.7. The number of nitrogens with one attached hydrogen (secondary N) is 2. The van der Waals surface area contributed by atoms with Crippen LogP contribution in [-0.4, -0.2) is 135 Å². The summed E-state index contributed by atoms with van der Waals surface area (Å²) in [4.78, 5) is 53.9. The SMILES string of the molecule is CCOC(=O)/C=C\c1cc(=O)n(CCN2CCC(NCc3ccc4c(c3)OCCO4)CC2)c2cc(OC)ccc12.COc1ccc2c(/C=C/C(=O)O)cc(=O)n(CCN3CCC(NCc4ccc5c(c4)OCCO5)CC3)c2c1. The van der Waals surface area contributed by atoms with Crippen LogP contribution in [0.15, 0.2) is 107 Å². The Hall–Kier alpha value is -7.64. The third kappa shape index (κ3) is 14.3. The number of aromatic nitrogens is 2. The Balaban J connectivity index is 0.000000190. The molecule has 0 atom stereocenters. The van der Waals surface area contributed by atoms with Crippen LogP contribution in [0.5, 0.6) is 34.5 Å². The molecule has 6 aromatic rings. The number of carbonyl (C=O) groups is 2. The Kier molecular flexibility index (Phi) is 18.8. The summed E-state index contributed by atoms with van der Waals surface area (Å²) >= 11 is 0. The standard InChI is InChI=1S/C31H37N3O6.C29H33N3O6/c1-3-38-31(36)9-5-23-19-30(35)34(27-20-25(37-2)6-7-26(23)27)15-14-33-12-10-24(11-13-33)32-21-22-4-8-28-29(18-22)40-17-16-39-28;1-36-23-4-5-24-21(3-7-29(34)35)17-28(33)32(25(24)18-23)13-12-31-10-8-22(9-11-31)30-19-20-2-6-26-27(16-20)38-15-14-37-26/h4-9,18-20,24,32H,3,10-17,21H2,1-2H3;2-7,16-18,22,30H,8-15,19H2,1H3,(H,34,35)/b9-5-;7-3+. The number of carboxylic acid groups (broad SMARTS) is 1. The van der Waals surface area contributed by atoms with E-state index in [2.05, 4.69) is 44.7 Å². The Morgan fingerprint density at radius 2 is 1.01 bits per heavy atom. The largest absolute Gasteiger partial charge is 0.497 e. The number of piperidine rings is 2. The zero-order valence-corrected chi connectivity index (χ0v) is 44.7. The first-order chi connectivity index (χ1) is 38.0. The molecule has 0 unspecified atom stereocenters. The van der Waals surface area contributed by atoms with Gasteiger partial charge in [-0.1, -0.05) is 12.1 Å². The highest BCUT2D eigenvalue weighted by Crippen LogP contribution is 2.33. The van der Waals surface area contributed by atoms with Crippen molar-refractivity contribution in [1.29, 1.82) is 0 Å². The van der Waals surface area contributed by atoms with Crippen LogP contribution in [0.25, 0.3) is 34.0 Å². The maximum absolute atomic E-state index is 13.2. The molecule has 0 amide bonds. The van der Waals surface area contributed by atoms with Crippen LogP contribution < -0.4 is 50.2 Å². The van der Waals surface area contributed by atoms with Crippen LogP contribution >= 0.6 is 0 Å². The van der Waals surface area contributed by atoms with E-state index in [-0.39, 0.29) is 11.1 Å². The fourth-order valence-corrected chi connectivity index (χ4v) is 10.4. The number of aliphatic carboxylic acids is 1. The quantitative estimate of drug-likeness (QED) is 0.0570. The lowest BCUT2D eigenvalue weighted by molar-refractivity contribution is -0.137. The summed E-state index contributed by atoms with van der Waals surface area (Å²) in [5.74, 6) is 3.10. The molecule has 78 heavy (non-hydrogen) atoms. The number of pyridine rings is 2. The number of hydrogen-bond donors (Lipinski definition) is 3. The van der Waals surface area contributed by atoms with E-state index in [4.69, 9.17) is 38.3 Å². The summed E-state index contributed by atoms with van der Waals surface area (Å²) in [7, 11) is 3.20. The number of esters is 1. The molecule has 10 rings (SSSR count). The molecule has 2 fully saturated rings. The molecule has 0 bridgehead atoms. The number of fused-ring (bicyclic) bond motifs is 4. The van der Waals surface area contributed by atoms with Crippen LogP contribution in [0.2, 0.25) is 0 Å². The van der Waals surface area contributed by atoms with Crippen molar-refractivity contribution < 1.29 is 47.9 Å². The van der Waals surface area contributed by atoms with Crippen molar-refractivity contribution in [2.75, 3.05) is 86.5 Å². The molecule has 6 heterocycles.